The molecule has 1 atom stereocenters. The van der Waals surface area contributed by atoms with E-state index in [0.29, 0.717) is 10.5 Å². The molecule has 2 aromatic carbocycles. The van der Waals surface area contributed by atoms with E-state index in [1.165, 1.54) is 0 Å². The highest BCUT2D eigenvalue weighted by atomic mass is 35.5. The van der Waals surface area contributed by atoms with Crippen LogP contribution in [-0.4, -0.2) is 22.8 Å². The molecule has 126 valence electrons. The van der Waals surface area contributed by atoms with Gasteiger partial charge in [0.1, 0.15) is 11.7 Å². The third-order valence-corrected chi connectivity index (χ3v) is 4.08. The second-order valence-electron chi connectivity index (χ2n) is 5.65. The van der Waals surface area contributed by atoms with Crippen LogP contribution in [0, 0.1) is 0 Å². The second-order valence-corrected chi connectivity index (χ2v) is 6.08. The predicted molar refractivity (Wildman–Crippen MR) is 97.3 cm³/mol. The summed E-state index contributed by atoms with van der Waals surface area (Å²) in [5.41, 5.74) is 7.23. The number of halogens is 1. The topological polar surface area (TPSA) is 85.1 Å². The first-order chi connectivity index (χ1) is 12.0. The van der Waals surface area contributed by atoms with E-state index in [1.54, 1.807) is 30.3 Å². The molecular formula is C19H16ClN3O2. The number of nitrogens with zero attached hydrogens (tertiary/aromatic N) is 1. The molecular weight excluding hydrogens is 338 g/mol. The summed E-state index contributed by atoms with van der Waals surface area (Å²) in [5.74, 6) is -1.05. The van der Waals surface area contributed by atoms with E-state index < -0.39 is 17.9 Å². The minimum Gasteiger partial charge on any atom is -0.368 e. The van der Waals surface area contributed by atoms with E-state index in [4.69, 9.17) is 17.3 Å². The van der Waals surface area contributed by atoms with Gasteiger partial charge in [0, 0.05) is 16.8 Å². The lowest BCUT2D eigenvalue weighted by Crippen LogP contribution is -2.46. The molecule has 0 radical (unpaired) electrons. The molecule has 0 bridgehead atoms. The van der Waals surface area contributed by atoms with Crippen molar-refractivity contribution in [2.75, 3.05) is 0 Å². The molecule has 1 heterocycles. The number of pyridine rings is 1. The number of primary amides is 1. The highest BCUT2D eigenvalue weighted by molar-refractivity contribution is 6.30. The highest BCUT2D eigenvalue weighted by Gasteiger charge is 2.20. The van der Waals surface area contributed by atoms with Crippen LogP contribution in [0.15, 0.2) is 60.7 Å². The quantitative estimate of drug-likeness (QED) is 0.739. The maximum absolute atomic E-state index is 12.4. The Labute approximate surface area is 149 Å². The molecule has 0 spiro atoms. The number of fused-ring (bicyclic) bond motifs is 1. The summed E-state index contributed by atoms with van der Waals surface area (Å²) in [4.78, 5) is 28.5. The van der Waals surface area contributed by atoms with Crippen LogP contribution >= 0.6 is 11.6 Å². The molecule has 1 aromatic heterocycles. The number of carbonyl (C=O) groups excluding carboxylic acids is 2. The molecule has 0 saturated carbocycles. The molecule has 3 N–H and O–H groups in total. The smallest absolute Gasteiger partial charge is 0.270 e. The summed E-state index contributed by atoms with van der Waals surface area (Å²) >= 11 is 5.85. The van der Waals surface area contributed by atoms with Crippen molar-refractivity contribution in [3.8, 4) is 0 Å². The molecule has 0 aliphatic carbocycles. The molecule has 0 aliphatic heterocycles. The Morgan fingerprint density at radius 2 is 1.76 bits per heavy atom. The summed E-state index contributed by atoms with van der Waals surface area (Å²) in [6.07, 6.45) is 0.284. The van der Waals surface area contributed by atoms with Gasteiger partial charge >= 0.3 is 0 Å². The maximum atomic E-state index is 12.4. The fourth-order valence-electron chi connectivity index (χ4n) is 2.50. The number of para-hydroxylation sites is 1. The Hall–Kier alpha value is -2.92. The molecule has 3 rings (SSSR count). The van der Waals surface area contributed by atoms with E-state index in [-0.39, 0.29) is 12.1 Å². The fourth-order valence-corrected chi connectivity index (χ4v) is 2.63. The Kier molecular flexibility index (Phi) is 4.95. The van der Waals surface area contributed by atoms with Gasteiger partial charge in [0.25, 0.3) is 5.91 Å². The summed E-state index contributed by atoms with van der Waals surface area (Å²) < 4.78 is 0. The lowest BCUT2D eigenvalue weighted by molar-refractivity contribution is -0.119. The molecule has 3 aromatic rings. The predicted octanol–water partition coefficient (Wildman–Crippen LogP) is 2.71. The number of hydrogen-bond acceptors (Lipinski definition) is 3. The molecule has 2 amide bonds. The van der Waals surface area contributed by atoms with Crippen LogP contribution in [-0.2, 0) is 11.2 Å². The van der Waals surface area contributed by atoms with Crippen LogP contribution < -0.4 is 11.1 Å². The number of nitrogens with two attached hydrogens (primary N) is 1. The second kappa shape index (κ2) is 7.32. The third kappa shape index (κ3) is 4.14. The van der Waals surface area contributed by atoms with E-state index in [0.717, 1.165) is 10.9 Å². The summed E-state index contributed by atoms with van der Waals surface area (Å²) in [6.45, 7) is 0. The lowest BCUT2D eigenvalue weighted by atomic mass is 10.1. The van der Waals surface area contributed by atoms with E-state index in [2.05, 4.69) is 10.3 Å². The van der Waals surface area contributed by atoms with Gasteiger partial charge in [-0.25, -0.2) is 4.98 Å². The molecule has 25 heavy (non-hydrogen) atoms. The van der Waals surface area contributed by atoms with Gasteiger partial charge in [0.2, 0.25) is 5.91 Å². The first-order valence-electron chi connectivity index (χ1n) is 7.73. The van der Waals surface area contributed by atoms with Gasteiger partial charge in [-0.15, -0.1) is 0 Å². The van der Waals surface area contributed by atoms with Crippen LogP contribution in [0.4, 0.5) is 0 Å². The van der Waals surface area contributed by atoms with E-state index >= 15 is 0 Å². The first-order valence-corrected chi connectivity index (χ1v) is 8.11. The summed E-state index contributed by atoms with van der Waals surface area (Å²) in [6, 6.07) is 17.1. The van der Waals surface area contributed by atoms with Crippen molar-refractivity contribution in [1.29, 1.82) is 0 Å². The standard InChI is InChI=1S/C19H16ClN3O2/c20-14-8-5-12(6-9-14)11-17(18(21)24)23-19(25)16-10-7-13-3-1-2-4-15(13)22-16/h1-10,17H,11H2,(H2,21,24)(H,23,25)/t17-/m1/s1. The van der Waals surface area contributed by atoms with Crippen LogP contribution in [0.1, 0.15) is 16.1 Å². The van der Waals surface area contributed by atoms with Crippen molar-refractivity contribution in [2.45, 2.75) is 12.5 Å². The number of carbonyl (C=O) groups is 2. The van der Waals surface area contributed by atoms with Gasteiger partial charge < -0.3 is 11.1 Å². The normalized spacial score (nSPS) is 11.9. The zero-order valence-electron chi connectivity index (χ0n) is 13.3. The van der Waals surface area contributed by atoms with Gasteiger partial charge in [0.15, 0.2) is 0 Å². The molecule has 0 aliphatic rings. The third-order valence-electron chi connectivity index (χ3n) is 3.83. The molecule has 5 nitrogen and oxygen atoms in total. The number of rotatable bonds is 5. The van der Waals surface area contributed by atoms with Crippen molar-refractivity contribution in [3.63, 3.8) is 0 Å². The molecule has 0 fully saturated rings. The van der Waals surface area contributed by atoms with Gasteiger partial charge in [-0.3, -0.25) is 9.59 Å². The first kappa shape index (κ1) is 16.9. The van der Waals surface area contributed by atoms with Crippen LogP contribution in [0.25, 0.3) is 10.9 Å². The largest absolute Gasteiger partial charge is 0.368 e. The fraction of sp³-hybridized carbons (Fsp3) is 0.105. The Balaban J connectivity index is 1.77. The van der Waals surface area contributed by atoms with Crippen LogP contribution in [0.3, 0.4) is 0 Å². The zero-order chi connectivity index (χ0) is 17.8. The van der Waals surface area contributed by atoms with E-state index in [9.17, 15) is 9.59 Å². The van der Waals surface area contributed by atoms with Crippen molar-refractivity contribution in [1.82, 2.24) is 10.3 Å². The Morgan fingerprint density at radius 3 is 2.48 bits per heavy atom. The average Bonchev–Trinajstić information content (AvgIpc) is 2.62. The number of benzene rings is 2. The van der Waals surface area contributed by atoms with Gasteiger partial charge in [-0.05, 0) is 29.8 Å². The van der Waals surface area contributed by atoms with Crippen LogP contribution in [0.5, 0.6) is 0 Å². The minimum atomic E-state index is -0.832. The summed E-state index contributed by atoms with van der Waals surface area (Å²) in [7, 11) is 0. The van der Waals surface area contributed by atoms with Gasteiger partial charge in [0.05, 0.1) is 5.52 Å². The molecule has 6 heteroatoms. The molecule has 0 saturated heterocycles. The summed E-state index contributed by atoms with van der Waals surface area (Å²) in [5, 5.41) is 4.19. The number of hydrogen-bond donors (Lipinski definition) is 2. The molecule has 0 unspecified atom stereocenters. The Morgan fingerprint density at radius 1 is 1.04 bits per heavy atom. The van der Waals surface area contributed by atoms with Gasteiger partial charge in [-0.1, -0.05) is 48.0 Å². The maximum Gasteiger partial charge on any atom is 0.270 e. The van der Waals surface area contributed by atoms with Gasteiger partial charge in [-0.2, -0.15) is 0 Å². The lowest BCUT2D eigenvalue weighted by Gasteiger charge is -2.15. The number of aromatic nitrogens is 1. The van der Waals surface area contributed by atoms with Crippen LogP contribution in [0.2, 0.25) is 5.02 Å². The monoisotopic (exact) mass is 353 g/mol. The highest BCUT2D eigenvalue weighted by Crippen LogP contribution is 2.13. The van der Waals surface area contributed by atoms with E-state index in [1.807, 2.05) is 30.3 Å². The van der Waals surface area contributed by atoms with Crippen molar-refractivity contribution in [2.24, 2.45) is 5.73 Å². The average molecular weight is 354 g/mol. The minimum absolute atomic E-state index is 0.237. The SMILES string of the molecule is NC(=O)[C@@H](Cc1ccc(Cl)cc1)NC(=O)c1ccc2ccccc2n1. The number of amides is 2. The Bertz CT molecular complexity index is 925. The zero-order valence-corrected chi connectivity index (χ0v) is 14.0. The van der Waals surface area contributed by atoms with Crippen molar-refractivity contribution >= 4 is 34.3 Å². The van der Waals surface area contributed by atoms with Crippen molar-refractivity contribution < 1.29 is 9.59 Å². The van der Waals surface area contributed by atoms with Crippen molar-refractivity contribution in [3.05, 3.63) is 76.9 Å². The number of nitrogens with one attached hydrogen (secondary N) is 1.